The Bertz CT molecular complexity index is 553. The predicted octanol–water partition coefficient (Wildman–Crippen LogP) is 1.74. The number of carbonyl (C=O) groups excluding carboxylic acids is 2. The average Bonchev–Trinajstić information content (AvgIpc) is 2.53. The molecule has 0 aromatic heterocycles. The molecule has 5 heteroatoms. The molecule has 0 spiro atoms. The number of amides is 1. The van der Waals surface area contributed by atoms with Gasteiger partial charge in [-0.3, -0.25) is 4.79 Å². The van der Waals surface area contributed by atoms with Gasteiger partial charge in [-0.25, -0.2) is 0 Å². The molecule has 1 heterocycles. The zero-order chi connectivity index (χ0) is 15.8. The van der Waals surface area contributed by atoms with E-state index in [0.717, 1.165) is 5.56 Å². The van der Waals surface area contributed by atoms with E-state index in [1.807, 2.05) is 30.3 Å². The summed E-state index contributed by atoms with van der Waals surface area (Å²) in [5.41, 5.74) is 1.01. The van der Waals surface area contributed by atoms with Crippen molar-refractivity contribution in [3.63, 3.8) is 0 Å². The van der Waals surface area contributed by atoms with Crippen molar-refractivity contribution in [2.75, 3.05) is 0 Å². The van der Waals surface area contributed by atoms with Gasteiger partial charge in [0.25, 0.3) is 0 Å². The highest BCUT2D eigenvalue weighted by atomic mass is 16.7. The molecule has 1 aliphatic rings. The zero-order valence-electron chi connectivity index (χ0n) is 12.3. The molecule has 0 radical (unpaired) electrons. The van der Waals surface area contributed by atoms with Gasteiger partial charge in [0.15, 0.2) is 6.29 Å². The summed E-state index contributed by atoms with van der Waals surface area (Å²) in [5.74, 6) is -0.212. The van der Waals surface area contributed by atoms with Crippen molar-refractivity contribution in [3.8, 4) is 0 Å². The van der Waals surface area contributed by atoms with Crippen LogP contribution < -0.4 is 5.32 Å². The molecule has 0 bridgehead atoms. The maximum Gasteiger partial charge on any atom is 0.219 e. The van der Waals surface area contributed by atoms with Gasteiger partial charge in [-0.15, -0.1) is 0 Å². The fraction of sp³-hybridized carbons (Fsp3) is 0.294. The van der Waals surface area contributed by atoms with Crippen LogP contribution >= 0.6 is 0 Å². The molecule has 0 aliphatic carbocycles. The second kappa shape index (κ2) is 8.14. The summed E-state index contributed by atoms with van der Waals surface area (Å²) in [6.45, 7) is 1.42. The first-order valence-corrected chi connectivity index (χ1v) is 7.09. The predicted molar refractivity (Wildman–Crippen MR) is 81.8 cm³/mol. The minimum Gasteiger partial charge on any atom is -0.469 e. The van der Waals surface area contributed by atoms with Crippen LogP contribution in [0.2, 0.25) is 0 Å². The number of hydrogen-bond donors (Lipinski definition) is 1. The monoisotopic (exact) mass is 301 g/mol. The summed E-state index contributed by atoms with van der Waals surface area (Å²) in [6.07, 6.45) is 6.46. The standard InChI is InChI=1S/C17H19NO4/c1-13(20)18-15(11-14-7-3-2-4-8-14)16(12-19)22-17-9-5-6-10-21-17/h2-10,12,15-17H,11H2,1H3,(H,18,20)/t15-,16?,17+/m1/s1. The summed E-state index contributed by atoms with van der Waals surface area (Å²) in [7, 11) is 0. The Kier molecular flexibility index (Phi) is 5.91. The van der Waals surface area contributed by atoms with Crippen molar-refractivity contribution in [1.82, 2.24) is 5.32 Å². The molecule has 1 N–H and O–H groups in total. The molecule has 1 aromatic carbocycles. The van der Waals surface area contributed by atoms with E-state index in [-0.39, 0.29) is 5.91 Å². The summed E-state index contributed by atoms with van der Waals surface area (Å²) >= 11 is 0. The molecule has 116 valence electrons. The van der Waals surface area contributed by atoms with Crippen molar-refractivity contribution in [3.05, 3.63) is 60.4 Å². The lowest BCUT2D eigenvalue weighted by molar-refractivity contribution is -0.145. The van der Waals surface area contributed by atoms with E-state index in [9.17, 15) is 9.59 Å². The van der Waals surface area contributed by atoms with Crippen LogP contribution in [0.25, 0.3) is 0 Å². The molecule has 5 nitrogen and oxygen atoms in total. The number of ether oxygens (including phenoxy) is 2. The largest absolute Gasteiger partial charge is 0.469 e. The number of hydrogen-bond acceptors (Lipinski definition) is 4. The highest BCUT2D eigenvalue weighted by Crippen LogP contribution is 2.12. The van der Waals surface area contributed by atoms with E-state index < -0.39 is 18.4 Å². The van der Waals surface area contributed by atoms with Crippen LogP contribution in [0.3, 0.4) is 0 Å². The molecule has 0 saturated heterocycles. The summed E-state index contributed by atoms with van der Waals surface area (Å²) in [6, 6.07) is 9.16. The van der Waals surface area contributed by atoms with Crippen LogP contribution in [0.1, 0.15) is 12.5 Å². The zero-order valence-corrected chi connectivity index (χ0v) is 12.3. The molecular weight excluding hydrogens is 282 g/mol. The SMILES string of the molecule is CC(=O)N[C@H](Cc1ccccc1)C(C=O)O[C@H]1C=CC=CO1. The molecule has 1 unspecified atom stereocenters. The second-order valence-corrected chi connectivity index (χ2v) is 4.95. The van der Waals surface area contributed by atoms with Crippen molar-refractivity contribution < 1.29 is 19.1 Å². The van der Waals surface area contributed by atoms with Gasteiger partial charge in [0, 0.05) is 6.92 Å². The first-order chi connectivity index (χ1) is 10.7. The van der Waals surface area contributed by atoms with Crippen LogP contribution in [0.5, 0.6) is 0 Å². The van der Waals surface area contributed by atoms with Crippen molar-refractivity contribution in [2.45, 2.75) is 31.8 Å². The molecule has 1 amide bonds. The maximum absolute atomic E-state index is 11.4. The maximum atomic E-state index is 11.4. The van der Waals surface area contributed by atoms with Gasteiger partial charge < -0.3 is 19.6 Å². The third kappa shape index (κ3) is 4.86. The Hall–Kier alpha value is -2.40. The van der Waals surface area contributed by atoms with Gasteiger partial charge in [-0.2, -0.15) is 0 Å². The Morgan fingerprint density at radius 1 is 1.36 bits per heavy atom. The third-order valence-electron chi connectivity index (χ3n) is 3.18. The van der Waals surface area contributed by atoms with Crippen LogP contribution in [-0.4, -0.2) is 30.6 Å². The molecule has 2 rings (SSSR count). The molecule has 3 atom stereocenters. The fourth-order valence-electron chi connectivity index (χ4n) is 2.20. The second-order valence-electron chi connectivity index (χ2n) is 4.95. The Morgan fingerprint density at radius 2 is 2.14 bits per heavy atom. The normalized spacial score (nSPS) is 19.0. The van der Waals surface area contributed by atoms with E-state index in [1.165, 1.54) is 13.2 Å². The summed E-state index contributed by atoms with van der Waals surface area (Å²) in [4.78, 5) is 22.8. The number of nitrogens with one attached hydrogen (secondary N) is 1. The third-order valence-corrected chi connectivity index (χ3v) is 3.18. The van der Waals surface area contributed by atoms with Crippen LogP contribution in [-0.2, 0) is 25.5 Å². The van der Waals surface area contributed by atoms with Crippen LogP contribution in [0, 0.1) is 0 Å². The van der Waals surface area contributed by atoms with E-state index in [1.54, 1.807) is 18.2 Å². The Balaban J connectivity index is 2.07. The van der Waals surface area contributed by atoms with Gasteiger partial charge >= 0.3 is 0 Å². The number of rotatable bonds is 7. The minimum atomic E-state index is -0.801. The summed E-state index contributed by atoms with van der Waals surface area (Å²) < 4.78 is 10.9. The average molecular weight is 301 g/mol. The van der Waals surface area contributed by atoms with Crippen molar-refractivity contribution >= 4 is 12.2 Å². The number of aldehydes is 1. The van der Waals surface area contributed by atoms with Gasteiger partial charge in [0.1, 0.15) is 6.10 Å². The molecule has 1 aromatic rings. The van der Waals surface area contributed by atoms with Gasteiger partial charge in [-0.1, -0.05) is 36.4 Å². The van der Waals surface area contributed by atoms with E-state index in [4.69, 9.17) is 9.47 Å². The molecular formula is C17H19NO4. The first-order valence-electron chi connectivity index (χ1n) is 7.09. The minimum absolute atomic E-state index is 0.212. The van der Waals surface area contributed by atoms with Gasteiger partial charge in [0.2, 0.25) is 12.2 Å². The van der Waals surface area contributed by atoms with E-state index >= 15 is 0 Å². The van der Waals surface area contributed by atoms with E-state index in [0.29, 0.717) is 12.7 Å². The fourth-order valence-corrected chi connectivity index (χ4v) is 2.20. The highest BCUT2D eigenvalue weighted by molar-refractivity contribution is 5.74. The summed E-state index contributed by atoms with van der Waals surface area (Å²) in [5, 5.41) is 2.78. The van der Waals surface area contributed by atoms with Gasteiger partial charge in [-0.05, 0) is 24.1 Å². The highest BCUT2D eigenvalue weighted by Gasteiger charge is 2.26. The topological polar surface area (TPSA) is 64.6 Å². The number of allylic oxidation sites excluding steroid dienone is 2. The molecule has 1 aliphatic heterocycles. The van der Waals surface area contributed by atoms with Crippen molar-refractivity contribution in [2.24, 2.45) is 0 Å². The lowest BCUT2D eigenvalue weighted by atomic mass is 10.0. The lowest BCUT2D eigenvalue weighted by Crippen LogP contribution is -2.47. The van der Waals surface area contributed by atoms with Crippen LogP contribution in [0.15, 0.2) is 54.8 Å². The Labute approximate surface area is 129 Å². The van der Waals surface area contributed by atoms with Gasteiger partial charge in [0.05, 0.1) is 12.3 Å². The molecule has 22 heavy (non-hydrogen) atoms. The molecule has 0 fully saturated rings. The van der Waals surface area contributed by atoms with Crippen molar-refractivity contribution in [1.29, 1.82) is 0 Å². The Morgan fingerprint density at radius 3 is 2.73 bits per heavy atom. The smallest absolute Gasteiger partial charge is 0.219 e. The first kappa shape index (κ1) is 16.0. The van der Waals surface area contributed by atoms with Crippen LogP contribution in [0.4, 0.5) is 0 Å². The lowest BCUT2D eigenvalue weighted by Gasteiger charge is -2.27. The van der Waals surface area contributed by atoms with E-state index in [2.05, 4.69) is 5.32 Å². The molecule has 0 saturated carbocycles. The quantitative estimate of drug-likeness (QED) is 0.779. The number of benzene rings is 1. The number of carbonyl (C=O) groups is 2.